The molecule has 4 aromatic heterocycles. The molecule has 0 fully saturated rings. The fourth-order valence-electron chi connectivity index (χ4n) is 10.6. The van der Waals surface area contributed by atoms with Crippen molar-refractivity contribution in [3.8, 4) is 57.2 Å². The van der Waals surface area contributed by atoms with Crippen LogP contribution in [0.2, 0.25) is 0 Å². The maximum atomic E-state index is 5.29. The quantitative estimate of drug-likeness (QED) is 0.157. The summed E-state index contributed by atoms with van der Waals surface area (Å²) in [5.74, 6) is 3.62. The fourth-order valence-corrected chi connectivity index (χ4v) is 10.6. The molecule has 0 saturated carbocycles. The molecule has 0 spiro atoms. The van der Waals surface area contributed by atoms with Gasteiger partial charge in [-0.25, -0.2) is 9.97 Å². The van der Waals surface area contributed by atoms with Crippen LogP contribution in [0.5, 0.6) is 0 Å². The molecule has 12 aromatic rings. The lowest BCUT2D eigenvalue weighted by Gasteiger charge is -2.23. The van der Waals surface area contributed by atoms with Crippen LogP contribution in [0.4, 0.5) is 11.6 Å². The second-order valence-corrected chi connectivity index (χ2v) is 17.4. The van der Waals surface area contributed by atoms with Gasteiger partial charge in [-0.2, -0.15) is 19.9 Å². The zero-order chi connectivity index (χ0) is 45.4. The van der Waals surface area contributed by atoms with Crippen LogP contribution in [-0.4, -0.2) is 39.0 Å². The lowest BCUT2D eigenvalue weighted by atomic mass is 9.88. The summed E-state index contributed by atoms with van der Waals surface area (Å²) in [5.41, 5.74) is 12.5. The Labute approximate surface area is 396 Å². The molecule has 324 valence electrons. The summed E-state index contributed by atoms with van der Waals surface area (Å²) in [7, 11) is 0. The van der Waals surface area contributed by atoms with Gasteiger partial charge in [-0.05, 0) is 60.5 Å². The molecule has 1 unspecified atom stereocenters. The SMILES string of the molecule is C1=CCC2C(=C1)N(c1nc(-c3ccccc3)nc(-c3ccccc3)n1)c1ccc3c(c12)c1c2c4ccccc4n(-c4nc(-c5ccccc5)nc(-c5ccccc5)n4)c2ccc1n3-c1ccccc1. The minimum atomic E-state index is 0.0228. The first kappa shape index (κ1) is 38.9. The number of hydrogen-bond donors (Lipinski definition) is 0. The van der Waals surface area contributed by atoms with Crippen molar-refractivity contribution in [2.24, 2.45) is 0 Å². The maximum absolute atomic E-state index is 5.29. The van der Waals surface area contributed by atoms with E-state index in [1.165, 1.54) is 16.3 Å². The molecule has 9 heteroatoms. The van der Waals surface area contributed by atoms with Crippen LogP contribution in [0.15, 0.2) is 224 Å². The van der Waals surface area contributed by atoms with Gasteiger partial charge < -0.3 is 4.57 Å². The van der Waals surface area contributed by atoms with Gasteiger partial charge in [0, 0.05) is 61.1 Å². The zero-order valence-corrected chi connectivity index (χ0v) is 37.1. The van der Waals surface area contributed by atoms with Crippen molar-refractivity contribution in [3.63, 3.8) is 0 Å². The summed E-state index contributed by atoms with van der Waals surface area (Å²) in [6.45, 7) is 0. The molecular formula is C60H39N9. The van der Waals surface area contributed by atoms with E-state index in [-0.39, 0.29) is 5.92 Å². The average Bonchev–Trinajstić information content (AvgIpc) is 4.07. The van der Waals surface area contributed by atoms with Crippen molar-refractivity contribution >= 4 is 55.2 Å². The molecule has 8 aromatic carbocycles. The van der Waals surface area contributed by atoms with Gasteiger partial charge in [0.25, 0.3) is 0 Å². The molecule has 0 N–H and O–H groups in total. The zero-order valence-electron chi connectivity index (χ0n) is 37.1. The average molecular weight is 886 g/mol. The molecule has 0 saturated heterocycles. The van der Waals surface area contributed by atoms with Crippen LogP contribution in [0.1, 0.15) is 17.9 Å². The van der Waals surface area contributed by atoms with Gasteiger partial charge in [-0.1, -0.05) is 170 Å². The van der Waals surface area contributed by atoms with E-state index in [1.54, 1.807) is 0 Å². The van der Waals surface area contributed by atoms with Gasteiger partial charge in [-0.15, -0.1) is 0 Å². The number of para-hydroxylation sites is 2. The molecule has 9 nitrogen and oxygen atoms in total. The first-order valence-corrected chi connectivity index (χ1v) is 23.2. The summed E-state index contributed by atoms with van der Waals surface area (Å²) in [6.07, 6.45) is 7.51. The number of fused-ring (bicyclic) bond motifs is 11. The Morgan fingerprint density at radius 3 is 1.41 bits per heavy atom. The van der Waals surface area contributed by atoms with Crippen LogP contribution in [0.3, 0.4) is 0 Å². The van der Waals surface area contributed by atoms with Crippen molar-refractivity contribution in [3.05, 3.63) is 230 Å². The number of aromatic nitrogens is 8. The Morgan fingerprint density at radius 1 is 0.377 bits per heavy atom. The normalized spacial score (nSPS) is 14.2. The van der Waals surface area contributed by atoms with Gasteiger partial charge in [0.15, 0.2) is 23.3 Å². The Kier molecular flexibility index (Phi) is 8.82. The highest BCUT2D eigenvalue weighted by molar-refractivity contribution is 6.30. The minimum absolute atomic E-state index is 0.0228. The monoisotopic (exact) mass is 885 g/mol. The Balaban J connectivity index is 1.08. The highest BCUT2D eigenvalue weighted by Gasteiger charge is 2.40. The standard InChI is InChI=1S/C60H39N9/c1-6-20-38(21-7-1)55-61-56(39-22-8-2-9-23-39)64-59(63-55)68-45-32-18-16-30-43(45)51-47(68)34-36-49-53(51)54-50(67(49)42-28-14-5-15-29-42)37-35-48-52(54)44-31-17-19-33-46(44)69(48)60-65-57(40-24-10-3-11-25-40)62-58(66-60)41-26-12-4-13-27-41/h1-30,32-37,44H,31H2. The van der Waals surface area contributed by atoms with E-state index in [0.29, 0.717) is 35.2 Å². The van der Waals surface area contributed by atoms with Gasteiger partial charge in [-0.3, -0.25) is 9.47 Å². The largest absolute Gasteiger partial charge is 0.309 e. The number of hydrogen-bond acceptors (Lipinski definition) is 7. The third kappa shape index (κ3) is 6.17. The summed E-state index contributed by atoms with van der Waals surface area (Å²) in [6, 6.07) is 69.1. The lowest BCUT2D eigenvalue weighted by molar-refractivity contribution is 0.817. The molecular weight excluding hydrogens is 847 g/mol. The second-order valence-electron chi connectivity index (χ2n) is 17.4. The fraction of sp³-hybridized carbons (Fsp3) is 0.0333. The molecule has 14 rings (SSSR count). The molecule has 69 heavy (non-hydrogen) atoms. The molecule has 1 aliphatic carbocycles. The minimum Gasteiger partial charge on any atom is -0.309 e. The first-order chi connectivity index (χ1) is 34.2. The van der Waals surface area contributed by atoms with E-state index < -0.39 is 0 Å². The van der Waals surface area contributed by atoms with Crippen molar-refractivity contribution in [2.45, 2.75) is 12.3 Å². The second kappa shape index (κ2) is 15.6. The van der Waals surface area contributed by atoms with E-state index in [1.807, 2.05) is 72.8 Å². The highest BCUT2D eigenvalue weighted by Crippen LogP contribution is 2.55. The van der Waals surface area contributed by atoms with E-state index in [9.17, 15) is 0 Å². The predicted molar refractivity (Wildman–Crippen MR) is 277 cm³/mol. The summed E-state index contributed by atoms with van der Waals surface area (Å²) < 4.78 is 4.65. The van der Waals surface area contributed by atoms with Crippen LogP contribution >= 0.6 is 0 Å². The van der Waals surface area contributed by atoms with Gasteiger partial charge in [0.05, 0.1) is 27.8 Å². The van der Waals surface area contributed by atoms with Crippen LogP contribution in [0.25, 0.3) is 101 Å². The Hall–Kier alpha value is -9.34. The van der Waals surface area contributed by atoms with Crippen molar-refractivity contribution in [2.75, 3.05) is 4.90 Å². The number of allylic oxidation sites excluding steroid dienone is 4. The van der Waals surface area contributed by atoms with Gasteiger partial charge >= 0.3 is 0 Å². The number of rotatable bonds is 7. The summed E-state index contributed by atoms with van der Waals surface area (Å²) >= 11 is 0. The van der Waals surface area contributed by atoms with Gasteiger partial charge in [0.2, 0.25) is 11.9 Å². The van der Waals surface area contributed by atoms with Crippen molar-refractivity contribution in [1.82, 2.24) is 39.0 Å². The molecule has 1 aliphatic heterocycles. The smallest absolute Gasteiger partial charge is 0.238 e. The first-order valence-electron chi connectivity index (χ1n) is 23.2. The summed E-state index contributed by atoms with van der Waals surface area (Å²) in [4.78, 5) is 33.5. The van der Waals surface area contributed by atoms with Crippen molar-refractivity contribution < 1.29 is 0 Å². The third-order valence-corrected chi connectivity index (χ3v) is 13.5. The molecule has 0 bridgehead atoms. The van der Waals surface area contributed by atoms with Crippen LogP contribution in [-0.2, 0) is 0 Å². The van der Waals surface area contributed by atoms with Crippen LogP contribution < -0.4 is 4.90 Å². The molecule has 0 radical (unpaired) electrons. The van der Waals surface area contributed by atoms with E-state index in [0.717, 1.165) is 78.6 Å². The number of nitrogens with zero attached hydrogens (tertiary/aromatic N) is 9. The molecule has 1 atom stereocenters. The van der Waals surface area contributed by atoms with Crippen LogP contribution in [0, 0.1) is 0 Å². The Bertz CT molecular complexity index is 3920. The highest BCUT2D eigenvalue weighted by atomic mass is 15.3. The van der Waals surface area contributed by atoms with E-state index in [2.05, 4.69) is 160 Å². The van der Waals surface area contributed by atoms with E-state index in [4.69, 9.17) is 29.9 Å². The molecule has 0 amide bonds. The third-order valence-electron chi connectivity index (χ3n) is 13.5. The van der Waals surface area contributed by atoms with E-state index >= 15 is 0 Å². The lowest BCUT2D eigenvalue weighted by Crippen LogP contribution is -2.18. The Morgan fingerprint density at radius 2 is 0.841 bits per heavy atom. The maximum Gasteiger partial charge on any atom is 0.238 e. The van der Waals surface area contributed by atoms with Crippen molar-refractivity contribution in [1.29, 1.82) is 0 Å². The molecule has 2 aliphatic rings. The molecule has 5 heterocycles. The summed E-state index contributed by atoms with van der Waals surface area (Å²) in [5, 5.41) is 4.60. The predicted octanol–water partition coefficient (Wildman–Crippen LogP) is 14.0. The number of benzene rings is 8. The topological polar surface area (TPSA) is 90.4 Å². The number of anilines is 2. The van der Waals surface area contributed by atoms with Gasteiger partial charge in [0.1, 0.15) is 0 Å².